The van der Waals surface area contributed by atoms with E-state index < -0.39 is 0 Å². The number of nitriles is 1. The summed E-state index contributed by atoms with van der Waals surface area (Å²) >= 11 is 0. The topological polar surface area (TPSA) is 52.9 Å². The predicted molar refractivity (Wildman–Crippen MR) is 68.4 cm³/mol. The van der Waals surface area contributed by atoms with Gasteiger partial charge in [-0.05, 0) is 55.8 Å². The number of nitrogens with zero attached hydrogens (tertiary/aromatic N) is 1. The van der Waals surface area contributed by atoms with Crippen molar-refractivity contribution in [2.24, 2.45) is 29.6 Å². The Labute approximate surface area is 109 Å². The Morgan fingerprint density at radius 3 is 2.72 bits per heavy atom. The van der Waals surface area contributed by atoms with Gasteiger partial charge in [-0.25, -0.2) is 0 Å². The van der Waals surface area contributed by atoms with Gasteiger partial charge in [-0.15, -0.1) is 0 Å². The first-order valence-corrected chi connectivity index (χ1v) is 7.28. The maximum Gasteiger partial charge on any atom is 0.217 e. The largest absolute Gasteiger partial charge is 0.351 e. The van der Waals surface area contributed by atoms with Crippen LogP contribution in [-0.2, 0) is 4.79 Å². The van der Waals surface area contributed by atoms with E-state index in [0.29, 0.717) is 11.8 Å². The number of hydrogen-bond donors (Lipinski definition) is 1. The molecule has 98 valence electrons. The number of amides is 1. The van der Waals surface area contributed by atoms with Crippen LogP contribution in [0, 0.1) is 40.9 Å². The summed E-state index contributed by atoms with van der Waals surface area (Å²) in [6.07, 6.45) is 5.65. The lowest BCUT2D eigenvalue weighted by Crippen LogP contribution is -2.54. The Morgan fingerprint density at radius 2 is 2.11 bits per heavy atom. The minimum atomic E-state index is 0.0437. The number of hydrogen-bond acceptors (Lipinski definition) is 2. The van der Waals surface area contributed by atoms with Crippen molar-refractivity contribution in [3.05, 3.63) is 0 Å². The van der Waals surface area contributed by atoms with E-state index >= 15 is 0 Å². The normalized spacial score (nSPS) is 48.8. The first-order chi connectivity index (χ1) is 8.59. The van der Waals surface area contributed by atoms with Crippen LogP contribution in [0.5, 0.6) is 0 Å². The zero-order chi connectivity index (χ0) is 12.9. The van der Waals surface area contributed by atoms with Gasteiger partial charge in [-0.2, -0.15) is 5.26 Å². The highest BCUT2D eigenvalue weighted by molar-refractivity contribution is 5.74. The van der Waals surface area contributed by atoms with Crippen LogP contribution >= 0.6 is 0 Å². The molecule has 6 atom stereocenters. The quantitative estimate of drug-likeness (QED) is 0.813. The average molecular weight is 246 g/mol. The van der Waals surface area contributed by atoms with Crippen LogP contribution in [0.3, 0.4) is 0 Å². The molecule has 3 rings (SSSR count). The Bertz CT molecular complexity index is 413. The molecule has 0 spiro atoms. The summed E-state index contributed by atoms with van der Waals surface area (Å²) in [4.78, 5) is 11.5. The fourth-order valence-corrected chi connectivity index (χ4v) is 5.37. The lowest BCUT2D eigenvalue weighted by molar-refractivity contribution is -0.122. The summed E-state index contributed by atoms with van der Waals surface area (Å²) in [6.45, 7) is 3.83. The second-order valence-corrected chi connectivity index (χ2v) is 6.62. The smallest absolute Gasteiger partial charge is 0.217 e. The van der Waals surface area contributed by atoms with Crippen molar-refractivity contribution in [3.63, 3.8) is 0 Å². The van der Waals surface area contributed by atoms with Gasteiger partial charge in [-0.3, -0.25) is 4.79 Å². The SMILES string of the molecule is CCC1(NC(C)=O)CC2CC1C1CC(C#N)CC21. The van der Waals surface area contributed by atoms with Crippen LogP contribution in [0.25, 0.3) is 0 Å². The molecule has 0 aromatic rings. The van der Waals surface area contributed by atoms with Gasteiger partial charge in [0.2, 0.25) is 5.91 Å². The summed E-state index contributed by atoms with van der Waals surface area (Å²) in [5.41, 5.74) is 0.0437. The van der Waals surface area contributed by atoms with Crippen LogP contribution in [-0.4, -0.2) is 11.4 Å². The van der Waals surface area contributed by atoms with Crippen LogP contribution in [0.1, 0.15) is 46.0 Å². The molecule has 3 nitrogen and oxygen atoms in total. The minimum Gasteiger partial charge on any atom is -0.351 e. The molecule has 3 fully saturated rings. The summed E-state index contributed by atoms with van der Waals surface area (Å²) in [6, 6.07) is 2.46. The lowest BCUT2D eigenvalue weighted by Gasteiger charge is -2.43. The first kappa shape index (κ1) is 12.0. The number of nitrogens with one attached hydrogen (secondary N) is 1. The van der Waals surface area contributed by atoms with E-state index in [-0.39, 0.29) is 17.4 Å². The second kappa shape index (κ2) is 3.98. The molecule has 18 heavy (non-hydrogen) atoms. The zero-order valence-electron chi connectivity index (χ0n) is 11.3. The highest BCUT2D eigenvalue weighted by Crippen LogP contribution is 2.64. The molecule has 2 bridgehead atoms. The Kier molecular flexibility index (Phi) is 2.66. The molecule has 0 saturated heterocycles. The minimum absolute atomic E-state index is 0.0437. The van der Waals surface area contributed by atoms with Gasteiger partial charge < -0.3 is 5.32 Å². The van der Waals surface area contributed by atoms with Crippen molar-refractivity contribution < 1.29 is 4.79 Å². The Balaban J connectivity index is 1.84. The molecular weight excluding hydrogens is 224 g/mol. The first-order valence-electron chi connectivity index (χ1n) is 7.28. The van der Waals surface area contributed by atoms with Crippen molar-refractivity contribution in [1.82, 2.24) is 5.32 Å². The van der Waals surface area contributed by atoms with E-state index in [1.54, 1.807) is 6.92 Å². The molecule has 3 heteroatoms. The van der Waals surface area contributed by atoms with Crippen LogP contribution in [0.4, 0.5) is 0 Å². The maximum atomic E-state index is 11.5. The fraction of sp³-hybridized carbons (Fsp3) is 0.867. The third kappa shape index (κ3) is 1.51. The van der Waals surface area contributed by atoms with Gasteiger partial charge in [0.05, 0.1) is 6.07 Å². The van der Waals surface area contributed by atoms with Crippen LogP contribution in [0.15, 0.2) is 0 Å². The van der Waals surface area contributed by atoms with Crippen LogP contribution < -0.4 is 5.32 Å². The second-order valence-electron chi connectivity index (χ2n) is 6.62. The van der Waals surface area contributed by atoms with Crippen molar-refractivity contribution in [2.75, 3.05) is 0 Å². The standard InChI is InChI=1S/C15H22N2O/c1-3-15(17-9(2)18)7-11-6-14(15)13-5-10(8-16)4-12(11)13/h10-14H,3-7H2,1-2H3,(H,17,18). The van der Waals surface area contributed by atoms with Crippen molar-refractivity contribution in [1.29, 1.82) is 5.26 Å². The lowest BCUT2D eigenvalue weighted by atomic mass is 9.69. The number of carbonyl (C=O) groups is 1. The van der Waals surface area contributed by atoms with Gasteiger partial charge in [0.15, 0.2) is 0 Å². The van der Waals surface area contributed by atoms with Crippen molar-refractivity contribution >= 4 is 5.91 Å². The molecule has 3 aliphatic carbocycles. The van der Waals surface area contributed by atoms with E-state index in [9.17, 15) is 4.79 Å². The molecule has 0 aliphatic heterocycles. The van der Waals surface area contributed by atoms with Crippen molar-refractivity contribution in [2.45, 2.75) is 51.5 Å². The maximum absolute atomic E-state index is 11.5. The fourth-order valence-electron chi connectivity index (χ4n) is 5.37. The monoisotopic (exact) mass is 246 g/mol. The van der Waals surface area contributed by atoms with Gasteiger partial charge in [0.25, 0.3) is 0 Å². The van der Waals surface area contributed by atoms with E-state index in [2.05, 4.69) is 18.3 Å². The van der Waals surface area contributed by atoms with Gasteiger partial charge >= 0.3 is 0 Å². The third-order valence-electron chi connectivity index (χ3n) is 5.92. The third-order valence-corrected chi connectivity index (χ3v) is 5.92. The van der Waals surface area contributed by atoms with Gasteiger partial charge in [-0.1, -0.05) is 6.92 Å². The predicted octanol–water partition coefficient (Wildman–Crippen LogP) is 2.48. The number of rotatable bonds is 2. The highest BCUT2D eigenvalue weighted by atomic mass is 16.1. The molecule has 6 unspecified atom stereocenters. The summed E-state index contributed by atoms with van der Waals surface area (Å²) < 4.78 is 0. The van der Waals surface area contributed by atoms with Crippen molar-refractivity contribution in [3.8, 4) is 6.07 Å². The summed E-state index contributed by atoms with van der Waals surface area (Å²) in [5.74, 6) is 3.23. The molecule has 0 heterocycles. The molecule has 0 aromatic heterocycles. The Morgan fingerprint density at radius 1 is 1.39 bits per heavy atom. The molecule has 1 amide bonds. The summed E-state index contributed by atoms with van der Waals surface area (Å²) in [7, 11) is 0. The van der Waals surface area contributed by atoms with E-state index in [4.69, 9.17) is 5.26 Å². The molecule has 0 radical (unpaired) electrons. The van der Waals surface area contributed by atoms with Gasteiger partial charge in [0, 0.05) is 18.4 Å². The molecule has 1 N–H and O–H groups in total. The molecule has 3 aliphatic rings. The number of carbonyl (C=O) groups excluding carboxylic acids is 1. The highest BCUT2D eigenvalue weighted by Gasteiger charge is 2.61. The molecule has 3 saturated carbocycles. The van der Waals surface area contributed by atoms with Crippen LogP contribution in [0.2, 0.25) is 0 Å². The summed E-state index contributed by atoms with van der Waals surface area (Å²) in [5, 5.41) is 12.4. The molecule has 0 aromatic carbocycles. The van der Waals surface area contributed by atoms with Gasteiger partial charge in [0.1, 0.15) is 0 Å². The average Bonchev–Trinajstić information content (AvgIpc) is 2.96. The Hall–Kier alpha value is -1.04. The van der Waals surface area contributed by atoms with E-state index in [1.807, 2.05) is 0 Å². The van der Waals surface area contributed by atoms with E-state index in [1.165, 1.54) is 6.42 Å². The zero-order valence-corrected chi connectivity index (χ0v) is 11.3. The number of fused-ring (bicyclic) bond motifs is 5. The van der Waals surface area contributed by atoms with E-state index in [0.717, 1.165) is 37.5 Å². The molecular formula is C15H22N2O.